The lowest BCUT2D eigenvalue weighted by Gasteiger charge is -2.19. The molecule has 1 aliphatic heterocycles. The Balaban J connectivity index is 1.58. The number of aromatic nitrogens is 4. The van der Waals surface area contributed by atoms with Gasteiger partial charge in [-0.3, -0.25) is 4.72 Å². The minimum Gasteiger partial charge on any atom is -0.486 e. The Morgan fingerprint density at radius 3 is 2.62 bits per heavy atom. The Morgan fingerprint density at radius 2 is 1.84 bits per heavy atom. The summed E-state index contributed by atoms with van der Waals surface area (Å²) in [6, 6.07) is 11.8. The van der Waals surface area contributed by atoms with Crippen molar-refractivity contribution in [1.82, 2.24) is 14.5 Å². The van der Waals surface area contributed by atoms with Crippen LogP contribution in [-0.2, 0) is 16.6 Å². The lowest BCUT2D eigenvalue weighted by Crippen LogP contribution is -2.29. The summed E-state index contributed by atoms with van der Waals surface area (Å²) in [5.74, 6) is 1.37. The fourth-order valence-electron chi connectivity index (χ4n) is 3.39. The third kappa shape index (κ3) is 3.76. The summed E-state index contributed by atoms with van der Waals surface area (Å²) >= 11 is 0. The zero-order valence-electron chi connectivity index (χ0n) is 17.0. The van der Waals surface area contributed by atoms with Crippen molar-refractivity contribution in [2.75, 3.05) is 17.9 Å². The van der Waals surface area contributed by atoms with E-state index >= 15 is 0 Å². The van der Waals surface area contributed by atoms with Crippen molar-refractivity contribution >= 4 is 26.9 Å². The summed E-state index contributed by atoms with van der Waals surface area (Å²) in [7, 11) is -3.97. The monoisotopic (exact) mass is 450 g/mol. The molecule has 2 aromatic heterocycles. The number of anilines is 1. The van der Waals surface area contributed by atoms with Crippen LogP contribution in [0.4, 0.5) is 5.82 Å². The number of fused-ring (bicyclic) bond motifs is 2. The number of nitrogens with zero attached hydrogens (tertiary/aromatic N) is 4. The van der Waals surface area contributed by atoms with E-state index in [1.165, 1.54) is 12.1 Å². The second-order valence-corrected chi connectivity index (χ2v) is 8.78. The van der Waals surface area contributed by atoms with E-state index in [-0.39, 0.29) is 10.7 Å². The van der Waals surface area contributed by atoms with Crippen LogP contribution < -0.4 is 18.8 Å². The van der Waals surface area contributed by atoms with Gasteiger partial charge < -0.3 is 9.47 Å². The Kier molecular flexibility index (Phi) is 4.98. The summed E-state index contributed by atoms with van der Waals surface area (Å²) in [6.07, 6.45) is 7.19. The molecule has 162 valence electrons. The molecular weight excluding hydrogens is 430 g/mol. The summed E-state index contributed by atoms with van der Waals surface area (Å²) in [5, 5.41) is 0. The summed E-state index contributed by atoms with van der Waals surface area (Å²) in [6.45, 7) is 5.13. The van der Waals surface area contributed by atoms with Crippen molar-refractivity contribution in [2.24, 2.45) is 0 Å². The van der Waals surface area contributed by atoms with Gasteiger partial charge in [-0.15, -0.1) is 0 Å². The topological polar surface area (TPSA) is 99.2 Å². The minimum atomic E-state index is -3.97. The molecular formula is C22H20N5O4S+. The molecule has 4 aromatic rings. The molecule has 5 rings (SSSR count). The predicted molar refractivity (Wildman–Crippen MR) is 117 cm³/mol. The van der Waals surface area contributed by atoms with E-state index in [0.29, 0.717) is 48.1 Å². The molecule has 0 unspecified atom stereocenters. The van der Waals surface area contributed by atoms with E-state index < -0.39 is 10.0 Å². The van der Waals surface area contributed by atoms with Gasteiger partial charge in [-0.1, -0.05) is 24.8 Å². The Hall–Kier alpha value is -3.92. The number of benzene rings is 2. The first-order valence-electron chi connectivity index (χ1n) is 9.91. The van der Waals surface area contributed by atoms with Gasteiger partial charge in [0, 0.05) is 6.07 Å². The van der Waals surface area contributed by atoms with E-state index in [1.54, 1.807) is 35.3 Å². The molecule has 0 saturated heterocycles. The van der Waals surface area contributed by atoms with E-state index in [2.05, 4.69) is 21.3 Å². The first kappa shape index (κ1) is 20.0. The molecule has 0 saturated carbocycles. The number of para-hydroxylation sites is 2. The number of rotatable bonds is 6. The second kappa shape index (κ2) is 7.97. The molecule has 0 fully saturated rings. The molecule has 1 N–H and O–H groups in total. The fourth-order valence-corrected chi connectivity index (χ4v) is 4.41. The maximum Gasteiger partial charge on any atom is 0.270 e. The lowest BCUT2D eigenvalue weighted by atomic mass is 10.3. The van der Waals surface area contributed by atoms with Gasteiger partial charge in [-0.05, 0) is 24.3 Å². The number of ether oxygens (including phenoxy) is 2. The maximum atomic E-state index is 13.2. The average Bonchev–Trinajstić information content (AvgIpc) is 3.27. The standard InChI is InChI=1S/C22H20N5O4S/c1-2-9-26-10-11-27(15-26)22-21(23-17-5-3-4-6-18(17)24-22)25-32(28,29)16-7-8-19-20(14-16)31-13-12-30-19/h2-8,10-11,14-15H,1,9,12-13H2,(H,23,25)/q+1. The molecule has 0 aliphatic carbocycles. The molecule has 0 radical (unpaired) electrons. The normalized spacial score (nSPS) is 13.1. The highest BCUT2D eigenvalue weighted by atomic mass is 32.2. The summed E-state index contributed by atoms with van der Waals surface area (Å²) < 4.78 is 43.6. The van der Waals surface area contributed by atoms with Gasteiger partial charge in [0.05, 0.1) is 15.9 Å². The molecule has 0 amide bonds. The van der Waals surface area contributed by atoms with Crippen LogP contribution in [0, 0.1) is 0 Å². The van der Waals surface area contributed by atoms with Gasteiger partial charge in [0.1, 0.15) is 32.2 Å². The van der Waals surface area contributed by atoms with Crippen molar-refractivity contribution in [2.45, 2.75) is 11.4 Å². The number of hydrogen-bond acceptors (Lipinski definition) is 6. The lowest BCUT2D eigenvalue weighted by molar-refractivity contribution is -0.686. The third-order valence-corrected chi connectivity index (χ3v) is 6.22. The molecule has 10 heteroatoms. The summed E-state index contributed by atoms with van der Waals surface area (Å²) in [5.41, 5.74) is 1.22. The number of imidazole rings is 1. The van der Waals surface area contributed by atoms with Gasteiger partial charge in [0.2, 0.25) is 5.82 Å². The SMILES string of the molecule is C=CC[n+]1ccn(-c2nc3ccccc3nc2NS(=O)(=O)c2ccc3c(c2)OCCO3)c1. The third-order valence-electron chi connectivity index (χ3n) is 4.88. The van der Waals surface area contributed by atoms with Gasteiger partial charge in [-0.2, -0.15) is 4.57 Å². The van der Waals surface area contributed by atoms with Crippen molar-refractivity contribution in [3.05, 3.63) is 73.8 Å². The largest absolute Gasteiger partial charge is 0.486 e. The zero-order chi connectivity index (χ0) is 22.1. The molecule has 0 bridgehead atoms. The molecule has 0 spiro atoms. The number of allylic oxidation sites excluding steroid dienone is 1. The number of hydrogen-bond donors (Lipinski definition) is 1. The van der Waals surface area contributed by atoms with Crippen LogP contribution >= 0.6 is 0 Å². The molecule has 32 heavy (non-hydrogen) atoms. The van der Waals surface area contributed by atoms with Gasteiger partial charge in [-0.25, -0.2) is 23.0 Å². The number of sulfonamides is 1. The molecule has 1 aliphatic rings. The van der Waals surface area contributed by atoms with Crippen molar-refractivity contribution in [3.8, 4) is 17.3 Å². The predicted octanol–water partition coefficient (Wildman–Crippen LogP) is 2.47. The first-order chi connectivity index (χ1) is 15.5. The van der Waals surface area contributed by atoms with Crippen LogP contribution in [0.15, 0.2) is 78.7 Å². The van der Waals surface area contributed by atoms with E-state index in [4.69, 9.17) is 9.47 Å². The van der Waals surface area contributed by atoms with E-state index in [0.717, 1.165) is 0 Å². The number of nitrogens with one attached hydrogen (secondary N) is 1. The van der Waals surface area contributed by atoms with E-state index in [1.807, 2.05) is 29.0 Å². The van der Waals surface area contributed by atoms with Gasteiger partial charge in [0.25, 0.3) is 22.2 Å². The highest BCUT2D eigenvalue weighted by Crippen LogP contribution is 2.33. The van der Waals surface area contributed by atoms with Gasteiger partial charge >= 0.3 is 0 Å². The smallest absolute Gasteiger partial charge is 0.270 e. The Bertz CT molecular complexity index is 1430. The highest BCUT2D eigenvalue weighted by Gasteiger charge is 2.24. The first-order valence-corrected chi connectivity index (χ1v) is 11.4. The van der Waals surface area contributed by atoms with E-state index in [9.17, 15) is 8.42 Å². The van der Waals surface area contributed by atoms with Crippen molar-refractivity contribution < 1.29 is 22.5 Å². The second-order valence-electron chi connectivity index (χ2n) is 7.10. The van der Waals surface area contributed by atoms with Crippen LogP contribution in [0.5, 0.6) is 11.5 Å². The molecule has 3 heterocycles. The molecule has 2 aromatic carbocycles. The fraction of sp³-hybridized carbons (Fsp3) is 0.136. The van der Waals surface area contributed by atoms with Crippen LogP contribution in [0.3, 0.4) is 0 Å². The summed E-state index contributed by atoms with van der Waals surface area (Å²) in [4.78, 5) is 9.24. The maximum absolute atomic E-state index is 13.2. The van der Waals surface area contributed by atoms with Crippen LogP contribution in [0.2, 0.25) is 0 Å². The Labute approximate surface area is 184 Å². The van der Waals surface area contributed by atoms with Gasteiger partial charge in [0.15, 0.2) is 11.5 Å². The van der Waals surface area contributed by atoms with Crippen molar-refractivity contribution in [3.63, 3.8) is 0 Å². The molecule has 0 atom stereocenters. The van der Waals surface area contributed by atoms with Crippen LogP contribution in [-0.4, -0.2) is 36.2 Å². The minimum absolute atomic E-state index is 0.0388. The zero-order valence-corrected chi connectivity index (χ0v) is 17.8. The molecule has 9 nitrogen and oxygen atoms in total. The van der Waals surface area contributed by atoms with Crippen molar-refractivity contribution in [1.29, 1.82) is 0 Å². The quantitative estimate of drug-likeness (QED) is 0.358. The average molecular weight is 451 g/mol. The highest BCUT2D eigenvalue weighted by molar-refractivity contribution is 7.92. The Morgan fingerprint density at radius 1 is 1.09 bits per heavy atom. The van der Waals surface area contributed by atoms with Crippen LogP contribution in [0.25, 0.3) is 16.9 Å². The van der Waals surface area contributed by atoms with Crippen LogP contribution in [0.1, 0.15) is 0 Å².